The van der Waals surface area contributed by atoms with Gasteiger partial charge in [-0.15, -0.1) is 0 Å². The Kier molecular flexibility index (Phi) is 17.7. The molecule has 0 atom stereocenters. The second-order valence-corrected chi connectivity index (χ2v) is 15.8. The molecule has 6 rings (SSSR count). The van der Waals surface area contributed by atoms with E-state index in [1.807, 2.05) is 0 Å². The largest absolute Gasteiger partial charge is 3.00 e. The van der Waals surface area contributed by atoms with E-state index in [4.69, 9.17) is 0 Å². The van der Waals surface area contributed by atoms with Crippen molar-refractivity contribution < 1.29 is 33.9 Å². The number of nitrogens with zero attached hydrogens (tertiary/aromatic N) is 9. The molecule has 0 unspecified atom stereocenters. The molecule has 0 N–H and O–H groups in total. The third-order valence-electron chi connectivity index (χ3n) is 8.67. The second-order valence-electron chi connectivity index (χ2n) is 11.8. The van der Waals surface area contributed by atoms with Crippen LogP contribution in [0.3, 0.4) is 0 Å². The molecule has 0 aromatic heterocycles. The predicted octanol–water partition coefficient (Wildman–Crippen LogP) is 0.951. The average Bonchev–Trinajstić information content (AvgIpc) is 3.79. The summed E-state index contributed by atoms with van der Waals surface area (Å²) in [6.07, 6.45) is 15.6. The van der Waals surface area contributed by atoms with Crippen LogP contribution >= 0.6 is 37.9 Å². The monoisotopic (exact) mass is 802 g/mol. The Labute approximate surface area is 306 Å². The van der Waals surface area contributed by atoms with Crippen molar-refractivity contribution in [2.75, 3.05) is 78.5 Å². The summed E-state index contributed by atoms with van der Waals surface area (Å²) in [5, 5.41) is 14.3. The first-order valence-electron chi connectivity index (χ1n) is 16.1. The van der Waals surface area contributed by atoms with Gasteiger partial charge in [-0.25, -0.2) is 0 Å². The molecular formula is C27H57N9RhS6+9. The van der Waals surface area contributed by atoms with Gasteiger partial charge in [0.15, 0.2) is 0 Å². The molecule has 0 spiro atoms. The van der Waals surface area contributed by atoms with Crippen molar-refractivity contribution in [2.45, 2.75) is 77.0 Å². The van der Waals surface area contributed by atoms with E-state index in [1.165, 1.54) is 77.0 Å². The van der Waals surface area contributed by atoms with E-state index < -0.39 is 0 Å². The fraction of sp³-hybridized carbons (Fsp3) is 0.889. The van der Waals surface area contributed by atoms with Crippen LogP contribution in [0.5, 0.6) is 0 Å². The first-order chi connectivity index (χ1) is 20.4. The summed E-state index contributed by atoms with van der Waals surface area (Å²) in [6.45, 7) is 13.9. The molecule has 16 heteroatoms. The molecule has 0 aliphatic carbocycles. The fourth-order valence-electron chi connectivity index (χ4n) is 6.68. The van der Waals surface area contributed by atoms with Gasteiger partial charge >= 0.3 is 32.6 Å². The number of hydrazine groups is 6. The Hall–Kier alpha value is 0.533. The van der Waals surface area contributed by atoms with Gasteiger partial charge in [-0.1, -0.05) is 0 Å². The summed E-state index contributed by atoms with van der Waals surface area (Å²) in [7, 11) is 0. The molecule has 0 saturated carbocycles. The van der Waals surface area contributed by atoms with Crippen LogP contribution in [0.4, 0.5) is 0 Å². The predicted molar refractivity (Wildman–Crippen MR) is 198 cm³/mol. The average molecular weight is 803 g/mol. The zero-order valence-electron chi connectivity index (χ0n) is 25.7. The molecule has 43 heavy (non-hydrogen) atoms. The minimum Gasteiger partial charge on any atom is -0.153 e. The van der Waals surface area contributed by atoms with Crippen LogP contribution < -0.4 is 0 Å². The zero-order chi connectivity index (χ0) is 29.9. The topological polar surface area (TPSA) is 28.5 Å². The van der Waals surface area contributed by atoms with E-state index >= 15 is 0 Å². The minimum absolute atomic E-state index is 0. The Morgan fingerprint density at radius 1 is 0.326 bits per heavy atom. The Morgan fingerprint density at radius 2 is 0.442 bits per heavy atom. The summed E-state index contributed by atoms with van der Waals surface area (Å²) in [5.41, 5.74) is 0. The zero-order valence-corrected chi connectivity index (χ0v) is 33.0. The van der Waals surface area contributed by atoms with Crippen molar-refractivity contribution in [2.24, 2.45) is 0 Å². The fourth-order valence-corrected chi connectivity index (χ4v) is 8.29. The van der Waals surface area contributed by atoms with E-state index in [0.29, 0.717) is 0 Å². The molecule has 6 heterocycles. The number of rotatable bonds is 6. The summed E-state index contributed by atoms with van der Waals surface area (Å²) in [4.78, 5) is 6.62. The van der Waals surface area contributed by atoms with Gasteiger partial charge < -0.3 is 0 Å². The van der Waals surface area contributed by atoms with Gasteiger partial charge in [0.25, 0.3) is 0 Å². The van der Waals surface area contributed by atoms with E-state index in [1.54, 1.807) is 0 Å². The van der Waals surface area contributed by atoms with Crippen molar-refractivity contribution in [1.29, 1.82) is 0 Å². The second kappa shape index (κ2) is 20.0. The van der Waals surface area contributed by atoms with Crippen molar-refractivity contribution in [3.8, 4) is 0 Å². The van der Waals surface area contributed by atoms with Crippen molar-refractivity contribution >= 4 is 88.9 Å². The van der Waals surface area contributed by atoms with Gasteiger partial charge in [-0.05, 0) is 115 Å². The molecule has 0 radical (unpaired) electrons. The summed E-state index contributed by atoms with van der Waals surface area (Å²) in [5.74, 6) is 0. The SMILES string of the molecule is SC([SH2+])=[N+](N1CCCC1)N1CCCC1.SC([SH2+])=[N+](N1CCCC1)N1CCCC1.SC([SH2+])=[N+](N1CCCC1)N1CCCC1.[Rh+3]. The summed E-state index contributed by atoms with van der Waals surface area (Å²) < 4.78 is 2.73. The summed E-state index contributed by atoms with van der Waals surface area (Å²) >= 11 is 23.9. The number of hydrogen-bond donors (Lipinski definition) is 3. The maximum absolute atomic E-state index is 4.42. The van der Waals surface area contributed by atoms with Crippen molar-refractivity contribution in [1.82, 2.24) is 30.1 Å². The van der Waals surface area contributed by atoms with Crippen LogP contribution in [0.2, 0.25) is 0 Å². The Bertz CT molecular complexity index is 750. The van der Waals surface area contributed by atoms with Crippen LogP contribution in [-0.2, 0) is 57.4 Å². The van der Waals surface area contributed by atoms with Crippen LogP contribution in [0.25, 0.3) is 0 Å². The Morgan fingerprint density at radius 3 is 0.535 bits per heavy atom. The van der Waals surface area contributed by atoms with Gasteiger partial charge in [0, 0.05) is 0 Å². The molecular weight excluding hydrogens is 746 g/mol. The van der Waals surface area contributed by atoms with E-state index in [0.717, 1.165) is 91.7 Å². The smallest absolute Gasteiger partial charge is 0.153 e. The van der Waals surface area contributed by atoms with Crippen LogP contribution in [0.15, 0.2) is 0 Å². The van der Waals surface area contributed by atoms with E-state index in [-0.39, 0.29) is 19.5 Å². The molecule has 0 amide bonds. The van der Waals surface area contributed by atoms with Gasteiger partial charge in [0.05, 0.1) is 131 Å². The van der Waals surface area contributed by atoms with Gasteiger partial charge in [0.2, 0.25) is 0 Å². The first-order valence-corrected chi connectivity index (χ1v) is 18.9. The number of thiol groups is 3. The molecule has 246 valence electrons. The van der Waals surface area contributed by atoms with Gasteiger partial charge in [-0.2, -0.15) is 30.1 Å². The molecule has 0 aromatic carbocycles. The molecule has 9 nitrogen and oxygen atoms in total. The normalized spacial score (nSPS) is 21.3. The molecule has 6 aliphatic rings. The molecule has 6 aliphatic heterocycles. The third-order valence-corrected chi connectivity index (χ3v) is 9.81. The molecule has 0 aromatic rings. The number of hydrazone groups is 6. The Balaban J connectivity index is 0.000000175. The van der Waals surface area contributed by atoms with Gasteiger partial charge in [0.1, 0.15) is 0 Å². The molecule has 6 fully saturated rings. The number of hydrogen-bond acceptors (Lipinski definition) is 6. The van der Waals surface area contributed by atoms with E-state index in [2.05, 4.69) is 120 Å². The molecule has 0 bridgehead atoms. The van der Waals surface area contributed by atoms with Crippen molar-refractivity contribution in [3.05, 3.63) is 0 Å². The van der Waals surface area contributed by atoms with Crippen molar-refractivity contribution in [3.63, 3.8) is 0 Å². The minimum atomic E-state index is 0. The third kappa shape index (κ3) is 11.3. The quantitative estimate of drug-likeness (QED) is 0.0928. The van der Waals surface area contributed by atoms with Crippen LogP contribution in [0.1, 0.15) is 77.0 Å². The molecule has 6 saturated heterocycles. The maximum Gasteiger partial charge on any atom is 3.00 e. The standard InChI is InChI=1S/3C9H17N3S2.Rh/c3*13-9(14)12(10-5-1-2-6-10)11-7-3-4-8-11;/h3*1-8H2,(H,13,14);/q;;;+3/p+6. The van der Waals surface area contributed by atoms with Crippen LogP contribution in [-0.4, -0.2) is 136 Å². The van der Waals surface area contributed by atoms with E-state index in [9.17, 15) is 0 Å². The maximum atomic E-state index is 4.42. The van der Waals surface area contributed by atoms with Crippen LogP contribution in [0, 0.1) is 0 Å². The van der Waals surface area contributed by atoms with Gasteiger partial charge in [-0.3, -0.25) is 0 Å². The summed E-state index contributed by atoms with van der Waals surface area (Å²) in [6, 6.07) is 0. The first kappa shape index (κ1) is 38.0.